The Labute approximate surface area is 130 Å². The van der Waals surface area contributed by atoms with E-state index in [1.165, 1.54) is 12.1 Å². The Morgan fingerprint density at radius 2 is 2.05 bits per heavy atom. The molecule has 1 saturated heterocycles. The van der Waals surface area contributed by atoms with Crippen molar-refractivity contribution in [3.05, 3.63) is 30.1 Å². The average Bonchev–Trinajstić information content (AvgIpc) is 2.46. The van der Waals surface area contributed by atoms with E-state index < -0.39 is 11.9 Å². The molecule has 0 aliphatic carbocycles. The van der Waals surface area contributed by atoms with Gasteiger partial charge in [-0.05, 0) is 31.4 Å². The topological polar surface area (TPSA) is 55.6 Å². The first-order valence-corrected chi connectivity index (χ1v) is 7.07. The van der Waals surface area contributed by atoms with Crippen LogP contribution in [0.1, 0.15) is 26.2 Å². The van der Waals surface area contributed by atoms with Gasteiger partial charge in [0.1, 0.15) is 0 Å². The summed E-state index contributed by atoms with van der Waals surface area (Å²) in [5.74, 6) is -0.400. The summed E-state index contributed by atoms with van der Waals surface area (Å²) in [6, 6.07) is 6.32. The van der Waals surface area contributed by atoms with Gasteiger partial charge in [0.2, 0.25) is 0 Å². The SMILES string of the molecule is CCC(Oc1ccccc1F)C(=O)N1CCC(N)CC1.Cl. The molecule has 1 fully saturated rings. The van der Waals surface area contributed by atoms with E-state index in [2.05, 4.69) is 0 Å². The summed E-state index contributed by atoms with van der Waals surface area (Å²) < 4.78 is 19.1. The predicted octanol–water partition coefficient (Wildman–Crippen LogP) is 2.35. The lowest BCUT2D eigenvalue weighted by Crippen LogP contribution is -2.48. The normalized spacial score (nSPS) is 17.0. The first kappa shape index (κ1) is 17.7. The average molecular weight is 317 g/mol. The van der Waals surface area contributed by atoms with Crippen LogP contribution >= 0.6 is 12.4 Å². The molecule has 0 saturated carbocycles. The molecule has 4 nitrogen and oxygen atoms in total. The lowest BCUT2D eigenvalue weighted by Gasteiger charge is -2.32. The number of amides is 1. The molecule has 1 aromatic carbocycles. The molecular formula is C15H22ClFN2O2. The van der Waals surface area contributed by atoms with E-state index in [1.54, 1.807) is 17.0 Å². The summed E-state index contributed by atoms with van der Waals surface area (Å²) in [5.41, 5.74) is 5.83. The fraction of sp³-hybridized carbons (Fsp3) is 0.533. The van der Waals surface area contributed by atoms with Crippen molar-refractivity contribution in [2.75, 3.05) is 13.1 Å². The largest absolute Gasteiger partial charge is 0.478 e. The van der Waals surface area contributed by atoms with Crippen LogP contribution in [0.4, 0.5) is 4.39 Å². The maximum atomic E-state index is 13.6. The van der Waals surface area contributed by atoms with E-state index >= 15 is 0 Å². The third-order valence-electron chi connectivity index (χ3n) is 3.60. The first-order valence-electron chi connectivity index (χ1n) is 7.07. The predicted molar refractivity (Wildman–Crippen MR) is 82.1 cm³/mol. The number of nitrogens with two attached hydrogens (primary N) is 1. The van der Waals surface area contributed by atoms with Gasteiger partial charge in [-0.25, -0.2) is 4.39 Å². The molecule has 1 heterocycles. The zero-order valence-electron chi connectivity index (χ0n) is 12.1. The number of para-hydroxylation sites is 1. The van der Waals surface area contributed by atoms with Crippen molar-refractivity contribution in [3.8, 4) is 5.75 Å². The zero-order chi connectivity index (χ0) is 14.5. The van der Waals surface area contributed by atoms with Gasteiger partial charge < -0.3 is 15.4 Å². The maximum Gasteiger partial charge on any atom is 0.263 e. The Hall–Kier alpha value is -1.33. The second-order valence-corrected chi connectivity index (χ2v) is 5.11. The molecule has 0 spiro atoms. The Morgan fingerprint density at radius 1 is 1.43 bits per heavy atom. The molecule has 1 aliphatic rings. The van der Waals surface area contributed by atoms with Crippen LogP contribution in [-0.4, -0.2) is 36.0 Å². The van der Waals surface area contributed by atoms with Gasteiger partial charge in [0.05, 0.1) is 0 Å². The van der Waals surface area contributed by atoms with E-state index in [9.17, 15) is 9.18 Å². The van der Waals surface area contributed by atoms with Crippen LogP contribution in [0, 0.1) is 5.82 Å². The minimum atomic E-state index is -0.638. The summed E-state index contributed by atoms with van der Waals surface area (Å²) in [4.78, 5) is 14.2. The molecule has 6 heteroatoms. The molecule has 1 atom stereocenters. The van der Waals surface area contributed by atoms with E-state index in [4.69, 9.17) is 10.5 Å². The van der Waals surface area contributed by atoms with Crippen LogP contribution in [-0.2, 0) is 4.79 Å². The van der Waals surface area contributed by atoms with Crippen molar-refractivity contribution < 1.29 is 13.9 Å². The molecule has 118 valence electrons. The van der Waals surface area contributed by atoms with E-state index in [0.717, 1.165) is 12.8 Å². The van der Waals surface area contributed by atoms with Crippen molar-refractivity contribution in [1.29, 1.82) is 0 Å². The molecule has 2 N–H and O–H groups in total. The number of rotatable bonds is 4. The van der Waals surface area contributed by atoms with Gasteiger partial charge in [0.25, 0.3) is 5.91 Å². The highest BCUT2D eigenvalue weighted by atomic mass is 35.5. The van der Waals surface area contributed by atoms with Gasteiger partial charge in [-0.2, -0.15) is 0 Å². The Morgan fingerprint density at radius 3 is 2.62 bits per heavy atom. The summed E-state index contributed by atoms with van der Waals surface area (Å²) in [6.45, 7) is 3.16. The van der Waals surface area contributed by atoms with Crippen LogP contribution in [0.2, 0.25) is 0 Å². The van der Waals surface area contributed by atoms with E-state index in [1.807, 2.05) is 6.92 Å². The summed E-state index contributed by atoms with van der Waals surface area (Å²) >= 11 is 0. The number of hydrogen-bond acceptors (Lipinski definition) is 3. The second-order valence-electron chi connectivity index (χ2n) is 5.11. The first-order chi connectivity index (χ1) is 9.61. The number of carbonyl (C=O) groups is 1. The van der Waals surface area contributed by atoms with Crippen molar-refractivity contribution in [3.63, 3.8) is 0 Å². The number of likely N-dealkylation sites (tertiary alicyclic amines) is 1. The minimum Gasteiger partial charge on any atom is -0.478 e. The molecule has 1 aliphatic heterocycles. The lowest BCUT2D eigenvalue weighted by atomic mass is 10.1. The fourth-order valence-corrected chi connectivity index (χ4v) is 2.33. The number of ether oxygens (including phenoxy) is 1. The molecule has 0 aromatic heterocycles. The molecule has 1 unspecified atom stereocenters. The Kier molecular flexibility index (Phi) is 6.92. The van der Waals surface area contributed by atoms with Gasteiger partial charge in [-0.1, -0.05) is 19.1 Å². The highest BCUT2D eigenvalue weighted by Gasteiger charge is 2.28. The van der Waals surface area contributed by atoms with Crippen LogP contribution < -0.4 is 10.5 Å². The number of halogens is 2. The number of piperidine rings is 1. The van der Waals surface area contributed by atoms with Gasteiger partial charge >= 0.3 is 0 Å². The van der Waals surface area contributed by atoms with E-state index in [-0.39, 0.29) is 30.1 Å². The summed E-state index contributed by atoms with van der Waals surface area (Å²) in [7, 11) is 0. The van der Waals surface area contributed by atoms with Crippen LogP contribution in [0.3, 0.4) is 0 Å². The Bertz CT molecular complexity index is 465. The maximum absolute atomic E-state index is 13.6. The number of nitrogens with zero attached hydrogens (tertiary/aromatic N) is 1. The van der Waals surface area contributed by atoms with Crippen LogP contribution in [0.5, 0.6) is 5.75 Å². The molecule has 21 heavy (non-hydrogen) atoms. The third kappa shape index (κ3) is 4.58. The van der Waals surface area contributed by atoms with Gasteiger partial charge in [0, 0.05) is 19.1 Å². The molecule has 1 amide bonds. The molecular weight excluding hydrogens is 295 g/mol. The number of carbonyl (C=O) groups excluding carboxylic acids is 1. The smallest absolute Gasteiger partial charge is 0.263 e. The minimum absolute atomic E-state index is 0. The summed E-state index contributed by atoms with van der Waals surface area (Å²) in [5, 5.41) is 0. The molecule has 0 bridgehead atoms. The second kappa shape index (κ2) is 8.20. The van der Waals surface area contributed by atoms with Gasteiger partial charge in [0.15, 0.2) is 17.7 Å². The fourth-order valence-electron chi connectivity index (χ4n) is 2.33. The van der Waals surface area contributed by atoms with Crippen molar-refractivity contribution >= 4 is 18.3 Å². The third-order valence-corrected chi connectivity index (χ3v) is 3.60. The quantitative estimate of drug-likeness (QED) is 0.927. The number of hydrogen-bond donors (Lipinski definition) is 1. The van der Waals surface area contributed by atoms with Gasteiger partial charge in [-0.15, -0.1) is 12.4 Å². The highest BCUT2D eigenvalue weighted by molar-refractivity contribution is 5.85. The van der Waals surface area contributed by atoms with Gasteiger partial charge in [-0.3, -0.25) is 4.79 Å². The van der Waals surface area contributed by atoms with E-state index in [0.29, 0.717) is 19.5 Å². The van der Waals surface area contributed by atoms with Crippen molar-refractivity contribution in [1.82, 2.24) is 4.90 Å². The lowest BCUT2D eigenvalue weighted by molar-refractivity contribution is -0.140. The Balaban J connectivity index is 0.00000220. The van der Waals surface area contributed by atoms with Crippen molar-refractivity contribution in [2.24, 2.45) is 5.73 Å². The van der Waals surface area contributed by atoms with Crippen LogP contribution in [0.15, 0.2) is 24.3 Å². The summed E-state index contributed by atoms with van der Waals surface area (Å²) in [6.07, 6.45) is 1.49. The monoisotopic (exact) mass is 316 g/mol. The molecule has 1 aromatic rings. The van der Waals surface area contributed by atoms with Crippen LogP contribution in [0.25, 0.3) is 0 Å². The standard InChI is InChI=1S/C15H21FN2O2.ClH/c1-2-13(20-14-6-4-3-5-12(14)16)15(19)18-9-7-11(17)8-10-18;/h3-6,11,13H,2,7-10,17H2,1H3;1H. The number of benzene rings is 1. The van der Waals surface area contributed by atoms with Crippen molar-refractivity contribution in [2.45, 2.75) is 38.3 Å². The highest BCUT2D eigenvalue weighted by Crippen LogP contribution is 2.20. The zero-order valence-corrected chi connectivity index (χ0v) is 12.9. The molecule has 2 rings (SSSR count). The molecule has 0 radical (unpaired) electrons.